The van der Waals surface area contributed by atoms with Crippen LogP contribution in [0.5, 0.6) is 0 Å². The molecule has 0 spiro atoms. The van der Waals surface area contributed by atoms with Gasteiger partial charge in [-0.25, -0.2) is 0 Å². The van der Waals surface area contributed by atoms with Crippen LogP contribution in [0.4, 0.5) is 0 Å². The SMILES string of the molecule is O=C(O)[C@H]1CC=CC[C@H]1c1nncn1C1CCCC1. The molecule has 0 aliphatic heterocycles. The molecule has 1 heterocycles. The lowest BCUT2D eigenvalue weighted by Crippen LogP contribution is -2.26. The Morgan fingerprint density at radius 1 is 1.26 bits per heavy atom. The summed E-state index contributed by atoms with van der Waals surface area (Å²) in [5.74, 6) is -0.265. The number of carboxylic acid groups (broad SMARTS) is 1. The summed E-state index contributed by atoms with van der Waals surface area (Å²) in [6.07, 6.45) is 12.0. The van der Waals surface area contributed by atoms with Crippen molar-refractivity contribution in [3.8, 4) is 0 Å². The van der Waals surface area contributed by atoms with E-state index in [0.29, 0.717) is 12.5 Å². The van der Waals surface area contributed by atoms with Crippen LogP contribution in [0, 0.1) is 5.92 Å². The van der Waals surface area contributed by atoms with Crippen molar-refractivity contribution >= 4 is 5.97 Å². The van der Waals surface area contributed by atoms with E-state index >= 15 is 0 Å². The number of aromatic nitrogens is 3. The van der Waals surface area contributed by atoms with Crippen molar-refractivity contribution in [1.29, 1.82) is 0 Å². The Bertz CT molecular complexity index is 489. The summed E-state index contributed by atoms with van der Waals surface area (Å²) >= 11 is 0. The summed E-state index contributed by atoms with van der Waals surface area (Å²) in [7, 11) is 0. The van der Waals surface area contributed by atoms with Gasteiger partial charge in [0.25, 0.3) is 0 Å². The van der Waals surface area contributed by atoms with E-state index in [4.69, 9.17) is 0 Å². The van der Waals surface area contributed by atoms with Gasteiger partial charge in [0.15, 0.2) is 0 Å². The second-order valence-electron chi connectivity index (χ2n) is 5.53. The van der Waals surface area contributed by atoms with Crippen molar-refractivity contribution in [2.75, 3.05) is 0 Å². The normalized spacial score (nSPS) is 27.8. The first-order valence-electron chi connectivity index (χ1n) is 7.04. The maximum Gasteiger partial charge on any atom is 0.307 e. The minimum absolute atomic E-state index is 0.0365. The molecule has 1 saturated carbocycles. The molecule has 5 nitrogen and oxygen atoms in total. The summed E-state index contributed by atoms with van der Waals surface area (Å²) in [6.45, 7) is 0. The van der Waals surface area contributed by atoms with Crippen molar-refractivity contribution in [3.05, 3.63) is 24.3 Å². The minimum atomic E-state index is -0.727. The van der Waals surface area contributed by atoms with Crippen LogP contribution >= 0.6 is 0 Å². The lowest BCUT2D eigenvalue weighted by Gasteiger charge is -2.26. The molecule has 0 amide bonds. The molecule has 19 heavy (non-hydrogen) atoms. The predicted molar refractivity (Wildman–Crippen MR) is 69.8 cm³/mol. The topological polar surface area (TPSA) is 68.0 Å². The molecule has 0 aromatic carbocycles. The van der Waals surface area contributed by atoms with Gasteiger partial charge in [-0.3, -0.25) is 4.79 Å². The third-order valence-electron chi connectivity index (χ3n) is 4.40. The van der Waals surface area contributed by atoms with Crippen LogP contribution in [0.1, 0.15) is 56.3 Å². The quantitative estimate of drug-likeness (QED) is 0.849. The third-order valence-corrected chi connectivity index (χ3v) is 4.40. The van der Waals surface area contributed by atoms with Gasteiger partial charge in [-0.05, 0) is 25.7 Å². The second kappa shape index (κ2) is 5.15. The van der Waals surface area contributed by atoms with Crippen molar-refractivity contribution < 1.29 is 9.90 Å². The number of carboxylic acids is 1. The van der Waals surface area contributed by atoms with Crippen LogP contribution in [-0.4, -0.2) is 25.8 Å². The smallest absolute Gasteiger partial charge is 0.307 e. The molecule has 0 unspecified atom stereocenters. The second-order valence-corrected chi connectivity index (χ2v) is 5.53. The van der Waals surface area contributed by atoms with E-state index in [1.54, 1.807) is 6.33 Å². The maximum absolute atomic E-state index is 11.4. The van der Waals surface area contributed by atoms with E-state index in [-0.39, 0.29) is 11.8 Å². The molecule has 3 rings (SSSR count). The Hall–Kier alpha value is -1.65. The van der Waals surface area contributed by atoms with E-state index in [0.717, 1.165) is 25.1 Å². The monoisotopic (exact) mass is 261 g/mol. The maximum atomic E-state index is 11.4. The van der Waals surface area contributed by atoms with Gasteiger partial charge in [-0.15, -0.1) is 10.2 Å². The zero-order valence-electron chi connectivity index (χ0n) is 10.9. The highest BCUT2D eigenvalue weighted by atomic mass is 16.4. The molecular formula is C14H19N3O2. The molecule has 0 bridgehead atoms. The van der Waals surface area contributed by atoms with Gasteiger partial charge < -0.3 is 9.67 Å². The van der Waals surface area contributed by atoms with Gasteiger partial charge in [-0.2, -0.15) is 0 Å². The number of nitrogens with zero attached hydrogens (tertiary/aromatic N) is 3. The van der Waals surface area contributed by atoms with Gasteiger partial charge in [0.1, 0.15) is 12.2 Å². The van der Waals surface area contributed by atoms with Crippen LogP contribution in [0.15, 0.2) is 18.5 Å². The Morgan fingerprint density at radius 3 is 2.74 bits per heavy atom. The first-order chi connectivity index (χ1) is 9.27. The molecule has 1 N–H and O–H groups in total. The Balaban J connectivity index is 1.90. The number of allylic oxidation sites excluding steroid dienone is 2. The average molecular weight is 261 g/mol. The van der Waals surface area contributed by atoms with E-state index in [1.165, 1.54) is 12.8 Å². The summed E-state index contributed by atoms with van der Waals surface area (Å²) in [6, 6.07) is 0.463. The Kier molecular flexibility index (Phi) is 3.36. The van der Waals surface area contributed by atoms with E-state index in [9.17, 15) is 9.90 Å². The number of rotatable bonds is 3. The van der Waals surface area contributed by atoms with Crippen LogP contribution in [0.3, 0.4) is 0 Å². The fourth-order valence-electron chi connectivity index (χ4n) is 3.35. The summed E-state index contributed by atoms with van der Waals surface area (Å²) in [4.78, 5) is 11.4. The number of aliphatic carboxylic acids is 1. The van der Waals surface area contributed by atoms with Gasteiger partial charge in [0.05, 0.1) is 5.92 Å². The predicted octanol–water partition coefficient (Wildman–Crippen LogP) is 2.53. The van der Waals surface area contributed by atoms with E-state index in [1.807, 2.05) is 6.08 Å². The number of carbonyl (C=O) groups is 1. The highest BCUT2D eigenvalue weighted by Gasteiger charge is 2.34. The first-order valence-corrected chi connectivity index (χ1v) is 7.04. The fourth-order valence-corrected chi connectivity index (χ4v) is 3.35. The van der Waals surface area contributed by atoms with Crippen LogP contribution in [0.25, 0.3) is 0 Å². The summed E-state index contributed by atoms with van der Waals surface area (Å²) in [5, 5.41) is 17.6. The van der Waals surface area contributed by atoms with Crippen molar-refractivity contribution in [2.24, 2.45) is 5.92 Å². The molecule has 1 aromatic rings. The summed E-state index contributed by atoms with van der Waals surface area (Å²) in [5.41, 5.74) is 0. The van der Waals surface area contributed by atoms with Gasteiger partial charge in [0, 0.05) is 12.0 Å². The third kappa shape index (κ3) is 2.29. The lowest BCUT2D eigenvalue weighted by molar-refractivity contribution is -0.142. The van der Waals surface area contributed by atoms with Crippen LogP contribution in [-0.2, 0) is 4.79 Å². The standard InChI is InChI=1S/C14H19N3O2/c18-14(19)12-8-4-3-7-11(12)13-16-15-9-17(13)10-5-1-2-6-10/h3-4,9-12H,1-2,5-8H2,(H,18,19)/t11-,12+/m1/s1. The highest BCUT2D eigenvalue weighted by molar-refractivity contribution is 5.71. The average Bonchev–Trinajstić information content (AvgIpc) is 3.09. The molecule has 0 radical (unpaired) electrons. The lowest BCUT2D eigenvalue weighted by atomic mass is 9.82. The van der Waals surface area contributed by atoms with E-state index in [2.05, 4.69) is 20.8 Å². The molecule has 1 aromatic heterocycles. The zero-order valence-corrected chi connectivity index (χ0v) is 10.9. The van der Waals surface area contributed by atoms with Crippen molar-refractivity contribution in [3.63, 3.8) is 0 Å². The molecule has 0 saturated heterocycles. The number of hydrogen-bond acceptors (Lipinski definition) is 3. The van der Waals surface area contributed by atoms with E-state index < -0.39 is 5.97 Å². The van der Waals surface area contributed by atoms with Gasteiger partial charge in [0.2, 0.25) is 0 Å². The Morgan fingerprint density at radius 2 is 2.00 bits per heavy atom. The van der Waals surface area contributed by atoms with Crippen molar-refractivity contribution in [2.45, 2.75) is 50.5 Å². The fraction of sp³-hybridized carbons (Fsp3) is 0.643. The molecule has 1 fully saturated rings. The Labute approximate surface area is 112 Å². The largest absolute Gasteiger partial charge is 0.481 e. The highest BCUT2D eigenvalue weighted by Crippen LogP contribution is 2.37. The molecule has 5 heteroatoms. The van der Waals surface area contributed by atoms with Crippen molar-refractivity contribution in [1.82, 2.24) is 14.8 Å². The minimum Gasteiger partial charge on any atom is -0.481 e. The molecule has 2 aliphatic carbocycles. The molecule has 2 atom stereocenters. The van der Waals surface area contributed by atoms with Gasteiger partial charge >= 0.3 is 5.97 Å². The molecule has 102 valence electrons. The zero-order chi connectivity index (χ0) is 13.2. The molecular weight excluding hydrogens is 242 g/mol. The van der Waals surface area contributed by atoms with Crippen LogP contribution < -0.4 is 0 Å². The number of hydrogen-bond donors (Lipinski definition) is 1. The first kappa shape index (κ1) is 12.4. The molecule has 2 aliphatic rings. The van der Waals surface area contributed by atoms with Crippen LogP contribution in [0.2, 0.25) is 0 Å². The summed E-state index contributed by atoms with van der Waals surface area (Å²) < 4.78 is 2.13. The van der Waals surface area contributed by atoms with Gasteiger partial charge in [-0.1, -0.05) is 25.0 Å².